The molecule has 7 heteroatoms. The molecule has 6 nitrogen and oxygen atoms in total. The van der Waals surface area contributed by atoms with Crippen LogP contribution in [0.25, 0.3) is 0 Å². The summed E-state index contributed by atoms with van der Waals surface area (Å²) in [4.78, 5) is 16.6. The van der Waals surface area contributed by atoms with E-state index in [1.165, 1.54) is 19.2 Å². The standard InChI is InChI=1S/C21H22FN3O3/c1-27-19-6-4-16(12-20(19)28-2)21(26)25-9-7-24(8-10-25)14-17-11-15(13-23)3-5-18(17)22/h3-6,11-12H,7-10,14H2,1-2H3. The van der Waals surface area contributed by atoms with Crippen LogP contribution in [0.4, 0.5) is 4.39 Å². The van der Waals surface area contributed by atoms with E-state index in [2.05, 4.69) is 4.90 Å². The highest BCUT2D eigenvalue weighted by atomic mass is 19.1. The summed E-state index contributed by atoms with van der Waals surface area (Å²) in [6, 6.07) is 11.5. The lowest BCUT2D eigenvalue weighted by Crippen LogP contribution is -2.48. The van der Waals surface area contributed by atoms with Gasteiger partial charge in [-0.05, 0) is 36.4 Å². The Morgan fingerprint density at radius 1 is 1.07 bits per heavy atom. The van der Waals surface area contributed by atoms with Crippen LogP contribution in [0.2, 0.25) is 0 Å². The number of hydrogen-bond acceptors (Lipinski definition) is 5. The summed E-state index contributed by atoms with van der Waals surface area (Å²) in [5.41, 5.74) is 1.48. The van der Waals surface area contributed by atoms with E-state index < -0.39 is 0 Å². The molecular formula is C21H22FN3O3. The molecule has 1 saturated heterocycles. The van der Waals surface area contributed by atoms with Crippen LogP contribution < -0.4 is 9.47 Å². The van der Waals surface area contributed by atoms with Gasteiger partial charge in [0, 0.05) is 43.9 Å². The van der Waals surface area contributed by atoms with Gasteiger partial charge in [-0.3, -0.25) is 9.69 Å². The molecule has 0 radical (unpaired) electrons. The second-order valence-electron chi connectivity index (χ2n) is 6.56. The van der Waals surface area contributed by atoms with Gasteiger partial charge in [0.15, 0.2) is 11.5 Å². The van der Waals surface area contributed by atoms with Crippen LogP contribution in [0.1, 0.15) is 21.5 Å². The first-order valence-corrected chi connectivity index (χ1v) is 8.98. The van der Waals surface area contributed by atoms with E-state index in [0.29, 0.717) is 60.9 Å². The summed E-state index contributed by atoms with van der Waals surface area (Å²) in [5.74, 6) is 0.700. The van der Waals surface area contributed by atoms with Crippen LogP contribution in [0.3, 0.4) is 0 Å². The van der Waals surface area contributed by atoms with Gasteiger partial charge in [0.1, 0.15) is 5.82 Å². The summed E-state index contributed by atoms with van der Waals surface area (Å²) in [6.07, 6.45) is 0. The smallest absolute Gasteiger partial charge is 0.254 e. The average Bonchev–Trinajstić information content (AvgIpc) is 2.74. The highest BCUT2D eigenvalue weighted by molar-refractivity contribution is 5.95. The number of halogens is 1. The predicted octanol–water partition coefficient (Wildman–Crippen LogP) is 2.67. The number of amides is 1. The molecule has 1 fully saturated rings. The molecule has 0 atom stereocenters. The quantitative estimate of drug-likeness (QED) is 0.794. The molecule has 2 aromatic carbocycles. The molecule has 28 heavy (non-hydrogen) atoms. The molecule has 1 aliphatic heterocycles. The molecule has 3 rings (SSSR count). The number of benzene rings is 2. The topological polar surface area (TPSA) is 65.8 Å². The molecule has 1 heterocycles. The van der Waals surface area contributed by atoms with Gasteiger partial charge in [-0.15, -0.1) is 0 Å². The summed E-state index contributed by atoms with van der Waals surface area (Å²) < 4.78 is 24.5. The summed E-state index contributed by atoms with van der Waals surface area (Å²) in [5, 5.41) is 8.99. The van der Waals surface area contributed by atoms with Crippen molar-refractivity contribution < 1.29 is 18.7 Å². The largest absolute Gasteiger partial charge is 0.493 e. The number of rotatable bonds is 5. The minimum Gasteiger partial charge on any atom is -0.493 e. The van der Waals surface area contributed by atoms with E-state index in [-0.39, 0.29) is 11.7 Å². The molecule has 0 spiro atoms. The number of nitriles is 1. The third-order valence-corrected chi connectivity index (χ3v) is 4.86. The molecule has 0 aromatic heterocycles. The zero-order chi connectivity index (χ0) is 20.1. The first-order valence-electron chi connectivity index (χ1n) is 8.98. The first kappa shape index (κ1) is 19.6. The SMILES string of the molecule is COc1ccc(C(=O)N2CCN(Cc3cc(C#N)ccc3F)CC2)cc1OC. The fraction of sp³-hybridized carbons (Fsp3) is 0.333. The van der Waals surface area contributed by atoms with Crippen molar-refractivity contribution in [1.82, 2.24) is 9.80 Å². The molecule has 0 N–H and O–H groups in total. The van der Waals surface area contributed by atoms with Crippen LogP contribution in [0.5, 0.6) is 11.5 Å². The maximum atomic E-state index is 14.0. The fourth-order valence-corrected chi connectivity index (χ4v) is 3.27. The third-order valence-electron chi connectivity index (χ3n) is 4.86. The Morgan fingerprint density at radius 2 is 1.79 bits per heavy atom. The van der Waals surface area contributed by atoms with E-state index in [4.69, 9.17) is 14.7 Å². The van der Waals surface area contributed by atoms with Gasteiger partial charge >= 0.3 is 0 Å². The molecule has 0 aliphatic carbocycles. The number of methoxy groups -OCH3 is 2. The van der Waals surface area contributed by atoms with E-state index in [1.807, 2.05) is 6.07 Å². The van der Waals surface area contributed by atoms with Gasteiger partial charge in [-0.1, -0.05) is 0 Å². The zero-order valence-electron chi connectivity index (χ0n) is 15.9. The minimum atomic E-state index is -0.317. The number of ether oxygens (including phenoxy) is 2. The van der Waals surface area contributed by atoms with Gasteiger partial charge in [0.25, 0.3) is 5.91 Å². The van der Waals surface area contributed by atoms with Crippen LogP contribution in [0, 0.1) is 17.1 Å². The van der Waals surface area contributed by atoms with Gasteiger partial charge in [-0.25, -0.2) is 4.39 Å². The van der Waals surface area contributed by atoms with Gasteiger partial charge in [0.05, 0.1) is 25.9 Å². The van der Waals surface area contributed by atoms with Crippen molar-refractivity contribution in [2.45, 2.75) is 6.54 Å². The monoisotopic (exact) mass is 383 g/mol. The summed E-state index contributed by atoms with van der Waals surface area (Å²) in [6.45, 7) is 2.78. The molecule has 0 bridgehead atoms. The number of piperazine rings is 1. The van der Waals surface area contributed by atoms with Crippen LogP contribution >= 0.6 is 0 Å². The lowest BCUT2D eigenvalue weighted by Gasteiger charge is -2.35. The number of nitrogens with zero attached hydrogens (tertiary/aromatic N) is 3. The summed E-state index contributed by atoms with van der Waals surface area (Å²) in [7, 11) is 3.08. The van der Waals surface area contributed by atoms with Crippen molar-refractivity contribution in [3.05, 3.63) is 58.9 Å². The molecule has 0 unspecified atom stereocenters. The Balaban J connectivity index is 1.62. The lowest BCUT2D eigenvalue weighted by atomic mass is 10.1. The highest BCUT2D eigenvalue weighted by Gasteiger charge is 2.23. The average molecular weight is 383 g/mol. The van der Waals surface area contributed by atoms with E-state index >= 15 is 0 Å². The van der Waals surface area contributed by atoms with Crippen molar-refractivity contribution >= 4 is 5.91 Å². The Kier molecular flexibility index (Phi) is 6.12. The van der Waals surface area contributed by atoms with E-state index in [1.54, 1.807) is 36.3 Å². The Labute approximate surface area is 163 Å². The van der Waals surface area contributed by atoms with Crippen molar-refractivity contribution in [1.29, 1.82) is 5.26 Å². The maximum absolute atomic E-state index is 14.0. The van der Waals surface area contributed by atoms with Gasteiger partial charge < -0.3 is 14.4 Å². The highest BCUT2D eigenvalue weighted by Crippen LogP contribution is 2.28. The predicted molar refractivity (Wildman–Crippen MR) is 102 cm³/mol. The Bertz CT molecular complexity index is 902. The van der Waals surface area contributed by atoms with E-state index in [0.717, 1.165) is 0 Å². The van der Waals surface area contributed by atoms with Crippen LogP contribution in [-0.2, 0) is 6.54 Å². The van der Waals surface area contributed by atoms with Crippen molar-refractivity contribution in [3.8, 4) is 17.6 Å². The molecule has 1 amide bonds. The molecule has 146 valence electrons. The molecule has 1 aliphatic rings. The van der Waals surface area contributed by atoms with Crippen molar-refractivity contribution in [3.63, 3.8) is 0 Å². The van der Waals surface area contributed by atoms with Crippen molar-refractivity contribution in [2.75, 3.05) is 40.4 Å². The number of carbonyl (C=O) groups is 1. The normalized spacial score (nSPS) is 14.4. The fourth-order valence-electron chi connectivity index (χ4n) is 3.27. The molecular weight excluding hydrogens is 361 g/mol. The minimum absolute atomic E-state index is 0.0711. The third kappa shape index (κ3) is 4.24. The van der Waals surface area contributed by atoms with E-state index in [9.17, 15) is 9.18 Å². The second-order valence-corrected chi connectivity index (χ2v) is 6.56. The molecule has 0 saturated carbocycles. The second kappa shape index (κ2) is 8.72. The number of carbonyl (C=O) groups excluding carboxylic acids is 1. The maximum Gasteiger partial charge on any atom is 0.254 e. The number of hydrogen-bond donors (Lipinski definition) is 0. The van der Waals surface area contributed by atoms with Gasteiger partial charge in [0.2, 0.25) is 0 Å². The summed E-state index contributed by atoms with van der Waals surface area (Å²) >= 11 is 0. The molecule has 2 aromatic rings. The lowest BCUT2D eigenvalue weighted by molar-refractivity contribution is 0.0626. The van der Waals surface area contributed by atoms with Crippen molar-refractivity contribution in [2.24, 2.45) is 0 Å². The first-order chi connectivity index (χ1) is 13.5. The Hall–Kier alpha value is -3.11. The van der Waals surface area contributed by atoms with Gasteiger partial charge in [-0.2, -0.15) is 5.26 Å². The Morgan fingerprint density at radius 3 is 2.43 bits per heavy atom. The van der Waals surface area contributed by atoms with Crippen LogP contribution in [0.15, 0.2) is 36.4 Å². The van der Waals surface area contributed by atoms with Crippen LogP contribution in [-0.4, -0.2) is 56.1 Å². The zero-order valence-corrected chi connectivity index (χ0v) is 15.9.